The van der Waals surface area contributed by atoms with Crippen LogP contribution in [0.1, 0.15) is 89.5 Å². The van der Waals surface area contributed by atoms with Crippen molar-refractivity contribution >= 4 is 17.8 Å². The maximum Gasteiger partial charge on any atom is 0.408 e. The molecule has 0 heterocycles. The van der Waals surface area contributed by atoms with Gasteiger partial charge in [-0.15, -0.1) is 0 Å². The number of ether oxygens (including phenoxy) is 4. The summed E-state index contributed by atoms with van der Waals surface area (Å²) in [5.74, 6) is -3.03. The van der Waals surface area contributed by atoms with Crippen molar-refractivity contribution in [3.63, 3.8) is 0 Å². The van der Waals surface area contributed by atoms with Gasteiger partial charge in [-0.25, -0.2) is 9.59 Å². The molecule has 0 radical (unpaired) electrons. The van der Waals surface area contributed by atoms with Gasteiger partial charge in [0.05, 0.1) is 12.2 Å². The molecule has 0 saturated carbocycles. The lowest BCUT2D eigenvalue weighted by Gasteiger charge is -2.52. The van der Waals surface area contributed by atoms with Gasteiger partial charge in [0.2, 0.25) is 17.1 Å². The minimum absolute atomic E-state index is 0.187. The van der Waals surface area contributed by atoms with Crippen molar-refractivity contribution in [1.29, 1.82) is 0 Å². The minimum Gasteiger partial charge on any atom is -0.488 e. The summed E-state index contributed by atoms with van der Waals surface area (Å²) < 4.78 is 22.5. The van der Waals surface area contributed by atoms with Gasteiger partial charge in [-0.2, -0.15) is 0 Å². The highest BCUT2D eigenvalue weighted by Gasteiger charge is 2.75. The standard InChI is InChI=1S/C25H43NO8/c1-13-16(6)24(20(28)33-22(7,8)9,26-21(29)34-23(10,11)12)25(30)18(27)17(31-14(2)3)19(25)32-15(4)5/h14-16,30H,13H2,1-12H3,(H,26,29). The van der Waals surface area contributed by atoms with Crippen molar-refractivity contribution in [2.75, 3.05) is 0 Å². The monoisotopic (exact) mass is 485 g/mol. The number of aliphatic hydroxyl groups is 1. The zero-order chi connectivity index (χ0) is 26.9. The molecule has 1 aliphatic carbocycles. The number of amides is 1. The van der Waals surface area contributed by atoms with E-state index in [1.165, 1.54) is 0 Å². The van der Waals surface area contributed by atoms with Crippen LogP contribution >= 0.6 is 0 Å². The largest absolute Gasteiger partial charge is 0.488 e. The van der Waals surface area contributed by atoms with E-state index in [4.69, 9.17) is 18.9 Å². The third-order valence-corrected chi connectivity index (χ3v) is 5.12. The fourth-order valence-corrected chi connectivity index (χ4v) is 3.65. The van der Waals surface area contributed by atoms with Gasteiger partial charge in [-0.3, -0.25) is 4.79 Å². The summed E-state index contributed by atoms with van der Waals surface area (Å²) in [5, 5.41) is 14.5. The van der Waals surface area contributed by atoms with Gasteiger partial charge in [-0.1, -0.05) is 20.3 Å². The summed E-state index contributed by atoms with van der Waals surface area (Å²) in [5.41, 5.74) is -6.70. The van der Waals surface area contributed by atoms with Gasteiger partial charge < -0.3 is 29.4 Å². The Morgan fingerprint density at radius 2 is 1.38 bits per heavy atom. The van der Waals surface area contributed by atoms with Crippen LogP contribution in [0.3, 0.4) is 0 Å². The second-order valence-electron chi connectivity index (χ2n) is 11.3. The maximum absolute atomic E-state index is 13.8. The van der Waals surface area contributed by atoms with Crippen molar-refractivity contribution < 1.29 is 38.4 Å². The number of hydrogen-bond acceptors (Lipinski definition) is 8. The zero-order valence-electron chi connectivity index (χ0n) is 22.7. The van der Waals surface area contributed by atoms with E-state index in [0.29, 0.717) is 6.42 Å². The lowest BCUT2D eigenvalue weighted by atomic mass is 9.61. The summed E-state index contributed by atoms with van der Waals surface area (Å²) in [6.07, 6.45) is -1.54. The number of rotatable bonds is 9. The van der Waals surface area contributed by atoms with Crippen LogP contribution in [0.2, 0.25) is 0 Å². The molecule has 0 saturated heterocycles. The Morgan fingerprint density at radius 3 is 1.76 bits per heavy atom. The molecule has 3 unspecified atom stereocenters. The van der Waals surface area contributed by atoms with E-state index in [9.17, 15) is 19.5 Å². The van der Waals surface area contributed by atoms with Crippen LogP contribution in [-0.4, -0.2) is 57.5 Å². The highest BCUT2D eigenvalue weighted by molar-refractivity contribution is 6.15. The molecule has 1 amide bonds. The first-order valence-electron chi connectivity index (χ1n) is 11.8. The average molecular weight is 486 g/mol. The average Bonchev–Trinajstić information content (AvgIpc) is 2.64. The SMILES string of the molecule is CCC(C)C(NC(=O)OC(C)(C)C)(C(=O)OC(C)(C)C)C1(O)C(=O)C(OC(C)C)=C1OC(C)C. The Morgan fingerprint density at radius 1 is 0.912 bits per heavy atom. The van der Waals surface area contributed by atoms with Crippen LogP contribution in [0.5, 0.6) is 0 Å². The molecule has 3 atom stereocenters. The van der Waals surface area contributed by atoms with Crippen molar-refractivity contribution in [1.82, 2.24) is 5.32 Å². The van der Waals surface area contributed by atoms with Crippen molar-refractivity contribution in [2.45, 2.75) is 124 Å². The van der Waals surface area contributed by atoms with Gasteiger partial charge in [0, 0.05) is 0 Å². The Hall–Kier alpha value is -2.29. The number of carbonyl (C=O) groups is 3. The summed E-state index contributed by atoms with van der Waals surface area (Å²) in [6.45, 7) is 20.2. The molecule has 0 aliphatic heterocycles. The zero-order valence-corrected chi connectivity index (χ0v) is 22.7. The molecule has 0 aromatic heterocycles. The summed E-state index contributed by atoms with van der Waals surface area (Å²) >= 11 is 0. The summed E-state index contributed by atoms with van der Waals surface area (Å²) in [7, 11) is 0. The van der Waals surface area contributed by atoms with Crippen LogP contribution in [0.4, 0.5) is 4.79 Å². The second kappa shape index (κ2) is 10.1. The molecular formula is C25H43NO8. The van der Waals surface area contributed by atoms with E-state index in [2.05, 4.69) is 5.32 Å². The van der Waals surface area contributed by atoms with Crippen molar-refractivity contribution in [3.8, 4) is 0 Å². The van der Waals surface area contributed by atoms with E-state index in [0.717, 1.165) is 0 Å². The molecule has 196 valence electrons. The highest BCUT2D eigenvalue weighted by atomic mass is 16.6. The molecule has 0 aromatic carbocycles. The maximum atomic E-state index is 13.8. The molecule has 0 aromatic rings. The summed E-state index contributed by atoms with van der Waals surface area (Å²) in [6, 6.07) is 0. The molecular weight excluding hydrogens is 442 g/mol. The number of hydrogen-bond donors (Lipinski definition) is 2. The first kappa shape index (κ1) is 29.7. The van der Waals surface area contributed by atoms with Gasteiger partial charge in [0.25, 0.3) is 0 Å². The molecule has 9 heteroatoms. The molecule has 2 N–H and O–H groups in total. The van der Waals surface area contributed by atoms with Gasteiger partial charge in [0.15, 0.2) is 11.3 Å². The number of carbonyl (C=O) groups excluding carboxylic acids is 3. The number of ketones is 1. The predicted octanol–water partition coefficient (Wildman–Crippen LogP) is 4.01. The molecule has 1 rings (SSSR count). The number of Topliss-reactive ketones (excluding diaryl/α,β-unsaturated/α-hetero) is 1. The van der Waals surface area contributed by atoms with Crippen molar-refractivity contribution in [3.05, 3.63) is 11.5 Å². The number of nitrogens with one attached hydrogen (secondary N) is 1. The lowest BCUT2D eigenvalue weighted by Crippen LogP contribution is -2.79. The number of esters is 1. The Kier molecular flexibility index (Phi) is 8.87. The quantitative estimate of drug-likeness (QED) is 0.470. The highest BCUT2D eigenvalue weighted by Crippen LogP contribution is 2.49. The Balaban J connectivity index is 3.89. The predicted molar refractivity (Wildman–Crippen MR) is 127 cm³/mol. The van der Waals surface area contributed by atoms with Crippen LogP contribution in [0, 0.1) is 5.92 Å². The fraction of sp³-hybridized carbons (Fsp3) is 0.800. The Bertz CT molecular complexity index is 818. The lowest BCUT2D eigenvalue weighted by molar-refractivity contribution is -0.193. The smallest absolute Gasteiger partial charge is 0.408 e. The first-order valence-corrected chi connectivity index (χ1v) is 11.8. The topological polar surface area (TPSA) is 120 Å². The van der Waals surface area contributed by atoms with Crippen LogP contribution in [0.15, 0.2) is 11.5 Å². The molecule has 1 aliphatic rings. The molecule has 34 heavy (non-hydrogen) atoms. The van der Waals surface area contributed by atoms with E-state index >= 15 is 0 Å². The van der Waals surface area contributed by atoms with E-state index in [-0.39, 0.29) is 11.5 Å². The normalized spacial score (nSPS) is 21.6. The second-order valence-corrected chi connectivity index (χ2v) is 11.3. The third-order valence-electron chi connectivity index (χ3n) is 5.12. The molecule has 9 nitrogen and oxygen atoms in total. The van der Waals surface area contributed by atoms with E-state index in [1.54, 1.807) is 83.1 Å². The molecule has 0 spiro atoms. The molecule has 0 fully saturated rings. The van der Waals surface area contributed by atoms with Gasteiger partial charge >= 0.3 is 12.1 Å². The van der Waals surface area contributed by atoms with Crippen molar-refractivity contribution in [2.24, 2.45) is 5.92 Å². The van der Waals surface area contributed by atoms with Crippen LogP contribution < -0.4 is 5.32 Å². The third kappa shape index (κ3) is 6.03. The van der Waals surface area contributed by atoms with E-state index < -0.39 is 58.3 Å². The molecule has 0 bridgehead atoms. The number of alkyl carbamates (subject to hydrolysis) is 1. The fourth-order valence-electron chi connectivity index (χ4n) is 3.65. The van der Waals surface area contributed by atoms with Crippen LogP contribution in [-0.2, 0) is 28.5 Å². The van der Waals surface area contributed by atoms with Gasteiger partial charge in [-0.05, 0) is 75.2 Å². The van der Waals surface area contributed by atoms with Gasteiger partial charge in [0.1, 0.15) is 11.2 Å². The first-order chi connectivity index (χ1) is 15.2. The van der Waals surface area contributed by atoms with E-state index in [1.807, 2.05) is 0 Å². The van der Waals surface area contributed by atoms with Crippen LogP contribution in [0.25, 0.3) is 0 Å². The Labute approximate surface area is 203 Å². The summed E-state index contributed by atoms with van der Waals surface area (Å²) in [4.78, 5) is 40.3. The minimum atomic E-state index is -2.57.